The molecule has 2 heteroatoms. The van der Waals surface area contributed by atoms with Crippen molar-refractivity contribution in [3.05, 3.63) is 12.2 Å². The predicted molar refractivity (Wildman–Crippen MR) is 69.4 cm³/mol. The Bertz CT molecular complexity index is 176. The largest absolute Gasteiger partial charge is 0.393 e. The van der Waals surface area contributed by atoms with E-state index in [9.17, 15) is 10.2 Å². The molecule has 0 heterocycles. The van der Waals surface area contributed by atoms with Gasteiger partial charge in [0.1, 0.15) is 0 Å². The summed E-state index contributed by atoms with van der Waals surface area (Å²) in [5.74, 6) is 0.568. The van der Waals surface area contributed by atoms with Crippen molar-refractivity contribution in [1.29, 1.82) is 0 Å². The van der Waals surface area contributed by atoms with E-state index in [1.165, 1.54) is 0 Å². The molecule has 2 nitrogen and oxygen atoms in total. The summed E-state index contributed by atoms with van der Waals surface area (Å²) in [6.45, 7) is 6.26. The lowest BCUT2D eigenvalue weighted by molar-refractivity contribution is 0.140. The first-order chi connectivity index (χ1) is 7.56. The molecule has 2 N–H and O–H groups in total. The van der Waals surface area contributed by atoms with Gasteiger partial charge in [0.2, 0.25) is 0 Å². The molecule has 0 saturated heterocycles. The molecule has 0 aliphatic carbocycles. The van der Waals surface area contributed by atoms with Crippen molar-refractivity contribution in [3.63, 3.8) is 0 Å². The lowest BCUT2D eigenvalue weighted by atomic mass is 10.0. The molecule has 0 aliphatic heterocycles. The van der Waals surface area contributed by atoms with E-state index in [2.05, 4.69) is 26.0 Å². The van der Waals surface area contributed by atoms with Crippen LogP contribution in [0.25, 0.3) is 0 Å². The van der Waals surface area contributed by atoms with E-state index < -0.39 is 0 Å². The number of allylic oxidation sites excluding steroid dienone is 2. The van der Waals surface area contributed by atoms with Crippen LogP contribution in [0, 0.1) is 5.92 Å². The predicted octanol–water partition coefficient (Wildman–Crippen LogP) is 3.28. The topological polar surface area (TPSA) is 40.5 Å². The van der Waals surface area contributed by atoms with Crippen LogP contribution in [0.2, 0.25) is 0 Å². The molecule has 0 spiro atoms. The standard InChI is InChI=1S/C14H28O2/c1-4-13(15)9-7-5-6-8-10-14(16)11-12(2)3/h5-6,12-16H,4,7-11H2,1-3H3. The fraction of sp³-hybridized carbons (Fsp3) is 0.857. The summed E-state index contributed by atoms with van der Waals surface area (Å²) in [5.41, 5.74) is 0. The minimum Gasteiger partial charge on any atom is -0.393 e. The zero-order chi connectivity index (χ0) is 12.4. The van der Waals surface area contributed by atoms with Gasteiger partial charge in [-0.15, -0.1) is 0 Å². The van der Waals surface area contributed by atoms with Crippen LogP contribution >= 0.6 is 0 Å². The molecule has 96 valence electrons. The Morgan fingerprint density at radius 1 is 0.938 bits per heavy atom. The van der Waals surface area contributed by atoms with Crippen molar-refractivity contribution in [1.82, 2.24) is 0 Å². The molecule has 0 amide bonds. The summed E-state index contributed by atoms with van der Waals surface area (Å²) in [7, 11) is 0. The van der Waals surface area contributed by atoms with Gasteiger partial charge < -0.3 is 10.2 Å². The fourth-order valence-corrected chi connectivity index (χ4v) is 1.68. The van der Waals surface area contributed by atoms with Gasteiger partial charge in [0.05, 0.1) is 12.2 Å². The average Bonchev–Trinajstić information content (AvgIpc) is 2.21. The molecule has 0 aromatic rings. The molecule has 0 rings (SSSR count). The first-order valence-corrected chi connectivity index (χ1v) is 6.57. The van der Waals surface area contributed by atoms with Gasteiger partial charge in [-0.05, 0) is 44.4 Å². The van der Waals surface area contributed by atoms with E-state index in [0.717, 1.165) is 38.5 Å². The molecule has 2 atom stereocenters. The van der Waals surface area contributed by atoms with Crippen molar-refractivity contribution >= 4 is 0 Å². The highest BCUT2D eigenvalue weighted by molar-refractivity contribution is 4.83. The van der Waals surface area contributed by atoms with Gasteiger partial charge in [0.25, 0.3) is 0 Å². The Morgan fingerprint density at radius 3 is 1.88 bits per heavy atom. The Hall–Kier alpha value is -0.340. The number of hydrogen-bond donors (Lipinski definition) is 2. The number of aliphatic hydroxyl groups excluding tert-OH is 2. The summed E-state index contributed by atoms with van der Waals surface area (Å²) in [6, 6.07) is 0. The Kier molecular flexibility index (Phi) is 9.65. The third kappa shape index (κ3) is 10.2. The van der Waals surface area contributed by atoms with E-state index in [4.69, 9.17) is 0 Å². The molecular formula is C14H28O2. The third-order valence-electron chi connectivity index (χ3n) is 2.71. The molecule has 0 fully saturated rings. The lowest BCUT2D eigenvalue weighted by Crippen LogP contribution is -2.09. The molecular weight excluding hydrogens is 200 g/mol. The lowest BCUT2D eigenvalue weighted by Gasteiger charge is -2.11. The summed E-state index contributed by atoms with van der Waals surface area (Å²) in [5, 5.41) is 19.0. The van der Waals surface area contributed by atoms with Crippen molar-refractivity contribution in [2.75, 3.05) is 0 Å². The monoisotopic (exact) mass is 228 g/mol. The second-order valence-electron chi connectivity index (χ2n) is 4.97. The smallest absolute Gasteiger partial charge is 0.0545 e. The van der Waals surface area contributed by atoms with Gasteiger partial charge in [-0.1, -0.05) is 32.9 Å². The van der Waals surface area contributed by atoms with Gasteiger partial charge in [0, 0.05) is 0 Å². The maximum Gasteiger partial charge on any atom is 0.0545 e. The zero-order valence-corrected chi connectivity index (χ0v) is 11.0. The maximum absolute atomic E-state index is 9.63. The maximum atomic E-state index is 9.63. The molecule has 16 heavy (non-hydrogen) atoms. The van der Waals surface area contributed by atoms with Gasteiger partial charge >= 0.3 is 0 Å². The van der Waals surface area contributed by atoms with E-state index in [0.29, 0.717) is 5.92 Å². The second kappa shape index (κ2) is 9.86. The van der Waals surface area contributed by atoms with E-state index >= 15 is 0 Å². The highest BCUT2D eigenvalue weighted by atomic mass is 16.3. The normalized spacial score (nSPS) is 15.9. The average molecular weight is 228 g/mol. The van der Waals surface area contributed by atoms with Crippen LogP contribution in [0.4, 0.5) is 0 Å². The zero-order valence-electron chi connectivity index (χ0n) is 11.0. The molecule has 0 aromatic carbocycles. The Labute approximate surface area is 100 Å². The second-order valence-corrected chi connectivity index (χ2v) is 4.97. The SMILES string of the molecule is CCC(O)CCC=CCCC(O)CC(C)C. The van der Waals surface area contributed by atoms with Gasteiger partial charge in [-0.2, -0.15) is 0 Å². The summed E-state index contributed by atoms with van der Waals surface area (Å²) >= 11 is 0. The van der Waals surface area contributed by atoms with Crippen LogP contribution < -0.4 is 0 Å². The van der Waals surface area contributed by atoms with E-state index in [1.807, 2.05) is 6.92 Å². The van der Waals surface area contributed by atoms with E-state index in [-0.39, 0.29) is 12.2 Å². The molecule has 0 saturated carbocycles. The van der Waals surface area contributed by atoms with Crippen molar-refractivity contribution in [2.24, 2.45) is 5.92 Å². The van der Waals surface area contributed by atoms with Gasteiger partial charge in [0.15, 0.2) is 0 Å². The van der Waals surface area contributed by atoms with Crippen LogP contribution in [0.3, 0.4) is 0 Å². The molecule has 0 aliphatic rings. The molecule has 0 aromatic heterocycles. The van der Waals surface area contributed by atoms with Gasteiger partial charge in [-0.3, -0.25) is 0 Å². The molecule has 2 unspecified atom stereocenters. The van der Waals surface area contributed by atoms with Gasteiger partial charge in [-0.25, -0.2) is 0 Å². The third-order valence-corrected chi connectivity index (χ3v) is 2.71. The fourth-order valence-electron chi connectivity index (χ4n) is 1.68. The van der Waals surface area contributed by atoms with Crippen LogP contribution in [-0.2, 0) is 0 Å². The van der Waals surface area contributed by atoms with Crippen molar-refractivity contribution in [2.45, 2.75) is 71.5 Å². The Balaban J connectivity index is 3.40. The van der Waals surface area contributed by atoms with Crippen LogP contribution in [0.5, 0.6) is 0 Å². The summed E-state index contributed by atoms with van der Waals surface area (Å²) in [4.78, 5) is 0. The quantitative estimate of drug-likeness (QED) is 0.595. The van der Waals surface area contributed by atoms with Crippen LogP contribution in [0.1, 0.15) is 59.3 Å². The first kappa shape index (κ1) is 15.7. The number of aliphatic hydroxyl groups is 2. The number of hydrogen-bond acceptors (Lipinski definition) is 2. The molecule has 0 radical (unpaired) electrons. The number of rotatable bonds is 9. The highest BCUT2D eigenvalue weighted by Crippen LogP contribution is 2.10. The summed E-state index contributed by atoms with van der Waals surface area (Å²) in [6.07, 6.45) is 9.22. The molecule has 0 bridgehead atoms. The Morgan fingerprint density at radius 2 is 1.44 bits per heavy atom. The van der Waals surface area contributed by atoms with Crippen molar-refractivity contribution in [3.8, 4) is 0 Å². The first-order valence-electron chi connectivity index (χ1n) is 6.57. The minimum absolute atomic E-state index is 0.156. The minimum atomic E-state index is -0.161. The van der Waals surface area contributed by atoms with Crippen LogP contribution in [0.15, 0.2) is 12.2 Å². The van der Waals surface area contributed by atoms with Crippen LogP contribution in [-0.4, -0.2) is 22.4 Å². The van der Waals surface area contributed by atoms with Crippen molar-refractivity contribution < 1.29 is 10.2 Å². The van der Waals surface area contributed by atoms with E-state index in [1.54, 1.807) is 0 Å². The summed E-state index contributed by atoms with van der Waals surface area (Å²) < 4.78 is 0. The highest BCUT2D eigenvalue weighted by Gasteiger charge is 2.04.